The molecule has 0 atom stereocenters. The Hall–Kier alpha value is -1.59. The molecule has 0 amide bonds. The highest BCUT2D eigenvalue weighted by atomic mass is 35.5. The van der Waals surface area contributed by atoms with Gasteiger partial charge in [0.15, 0.2) is 11.0 Å². The Labute approximate surface area is 99.6 Å². The number of anilines is 2. The number of nitrogens with zero attached hydrogens (tertiary/aromatic N) is 3. The molecule has 0 aliphatic rings. The van der Waals surface area contributed by atoms with Crippen molar-refractivity contribution in [1.29, 1.82) is 0 Å². The number of rotatable bonds is 6. The van der Waals surface area contributed by atoms with Crippen molar-refractivity contribution in [3.63, 3.8) is 0 Å². The fraction of sp³-hybridized carbons (Fsp3) is 0.200. The molecule has 16 heavy (non-hydrogen) atoms. The number of hydrazine groups is 1. The molecule has 1 aromatic rings. The summed E-state index contributed by atoms with van der Waals surface area (Å²) in [6.07, 6.45) is 3.55. The molecule has 1 rings (SSSR count). The minimum Gasteiger partial charge on any atom is -0.361 e. The van der Waals surface area contributed by atoms with Crippen molar-refractivity contribution in [1.82, 2.24) is 10.2 Å². The predicted octanol–water partition coefficient (Wildman–Crippen LogP) is 1.59. The van der Waals surface area contributed by atoms with Crippen LogP contribution in [-0.4, -0.2) is 23.3 Å². The smallest absolute Gasteiger partial charge is 0.175 e. The Morgan fingerprint density at radius 2 is 2.00 bits per heavy atom. The summed E-state index contributed by atoms with van der Waals surface area (Å²) in [5.41, 5.74) is 3.16. The van der Waals surface area contributed by atoms with Crippen molar-refractivity contribution < 1.29 is 0 Å². The van der Waals surface area contributed by atoms with Gasteiger partial charge in [-0.3, -0.25) is 0 Å². The molecule has 0 saturated carbocycles. The van der Waals surface area contributed by atoms with E-state index in [-0.39, 0.29) is 0 Å². The first-order chi connectivity index (χ1) is 7.72. The fourth-order valence-corrected chi connectivity index (χ4v) is 1.45. The normalized spacial score (nSPS) is 9.62. The van der Waals surface area contributed by atoms with Gasteiger partial charge in [-0.1, -0.05) is 23.8 Å². The molecule has 0 bridgehead atoms. The van der Waals surface area contributed by atoms with E-state index in [0.29, 0.717) is 24.1 Å². The molecule has 0 aliphatic carbocycles. The highest BCUT2D eigenvalue weighted by Gasteiger charge is 2.10. The topological polar surface area (TPSA) is 67.1 Å². The van der Waals surface area contributed by atoms with Gasteiger partial charge >= 0.3 is 0 Å². The Balaban J connectivity index is 3.05. The summed E-state index contributed by atoms with van der Waals surface area (Å²) < 4.78 is 0. The van der Waals surface area contributed by atoms with E-state index in [0.717, 1.165) is 5.69 Å². The lowest BCUT2D eigenvalue weighted by Crippen LogP contribution is -2.24. The third-order valence-electron chi connectivity index (χ3n) is 1.92. The maximum atomic E-state index is 5.97. The van der Waals surface area contributed by atoms with E-state index in [2.05, 4.69) is 28.8 Å². The lowest BCUT2D eigenvalue weighted by atomic mass is 10.3. The molecule has 0 spiro atoms. The maximum absolute atomic E-state index is 5.97. The first-order valence-corrected chi connectivity index (χ1v) is 5.07. The molecule has 6 heteroatoms. The van der Waals surface area contributed by atoms with Crippen LogP contribution in [0.3, 0.4) is 0 Å². The SMILES string of the molecule is C=CCN(CC=C)c1cc(NN)nnc1Cl. The van der Waals surface area contributed by atoms with Crippen LogP contribution in [0.15, 0.2) is 31.4 Å². The van der Waals surface area contributed by atoms with Crippen LogP contribution in [0.1, 0.15) is 0 Å². The monoisotopic (exact) mass is 239 g/mol. The number of halogens is 1. The van der Waals surface area contributed by atoms with Gasteiger partial charge in [-0.05, 0) is 0 Å². The first-order valence-electron chi connectivity index (χ1n) is 4.69. The second kappa shape index (κ2) is 6.09. The number of hydrogen-bond donors (Lipinski definition) is 2. The van der Waals surface area contributed by atoms with Gasteiger partial charge < -0.3 is 10.3 Å². The second-order valence-electron chi connectivity index (χ2n) is 3.03. The lowest BCUT2D eigenvalue weighted by Gasteiger charge is -2.22. The Morgan fingerprint density at radius 3 is 2.50 bits per heavy atom. The van der Waals surface area contributed by atoms with Crippen LogP contribution in [0.25, 0.3) is 0 Å². The van der Waals surface area contributed by atoms with Crippen molar-refractivity contribution in [2.75, 3.05) is 23.4 Å². The quantitative estimate of drug-likeness (QED) is 0.448. The van der Waals surface area contributed by atoms with Crippen molar-refractivity contribution in [2.45, 2.75) is 0 Å². The van der Waals surface area contributed by atoms with Crippen LogP contribution in [0.4, 0.5) is 11.5 Å². The summed E-state index contributed by atoms with van der Waals surface area (Å²) in [6.45, 7) is 8.65. The zero-order chi connectivity index (χ0) is 12.0. The van der Waals surface area contributed by atoms with Gasteiger partial charge in [-0.25, -0.2) is 5.84 Å². The summed E-state index contributed by atoms with van der Waals surface area (Å²) >= 11 is 5.97. The van der Waals surface area contributed by atoms with Crippen LogP contribution >= 0.6 is 11.6 Å². The van der Waals surface area contributed by atoms with E-state index < -0.39 is 0 Å². The van der Waals surface area contributed by atoms with E-state index in [4.69, 9.17) is 17.4 Å². The second-order valence-corrected chi connectivity index (χ2v) is 3.39. The number of nitrogens with two attached hydrogens (primary N) is 1. The average Bonchev–Trinajstić information content (AvgIpc) is 2.29. The molecule has 0 aromatic carbocycles. The highest BCUT2D eigenvalue weighted by Crippen LogP contribution is 2.24. The molecule has 0 unspecified atom stereocenters. The van der Waals surface area contributed by atoms with Gasteiger partial charge in [0, 0.05) is 19.2 Å². The summed E-state index contributed by atoms with van der Waals surface area (Å²) in [7, 11) is 0. The lowest BCUT2D eigenvalue weighted by molar-refractivity contribution is 0.927. The fourth-order valence-electron chi connectivity index (χ4n) is 1.24. The van der Waals surface area contributed by atoms with Crippen molar-refractivity contribution >= 4 is 23.1 Å². The molecule has 0 aliphatic heterocycles. The number of nitrogen functional groups attached to an aromatic ring is 1. The Morgan fingerprint density at radius 1 is 1.38 bits per heavy atom. The molecule has 86 valence electrons. The molecule has 0 radical (unpaired) electrons. The number of aromatic nitrogens is 2. The number of nitrogens with one attached hydrogen (secondary N) is 1. The van der Waals surface area contributed by atoms with Gasteiger partial charge in [0.25, 0.3) is 0 Å². The minimum absolute atomic E-state index is 0.322. The third kappa shape index (κ3) is 2.95. The van der Waals surface area contributed by atoms with E-state index in [1.807, 2.05) is 4.90 Å². The van der Waals surface area contributed by atoms with E-state index in [1.165, 1.54) is 0 Å². The van der Waals surface area contributed by atoms with E-state index >= 15 is 0 Å². The van der Waals surface area contributed by atoms with Crippen molar-refractivity contribution in [3.05, 3.63) is 36.5 Å². The van der Waals surface area contributed by atoms with Crippen molar-refractivity contribution in [3.8, 4) is 0 Å². The summed E-state index contributed by atoms with van der Waals surface area (Å²) in [5, 5.41) is 7.88. The molecule has 1 aromatic heterocycles. The third-order valence-corrected chi connectivity index (χ3v) is 2.19. The van der Waals surface area contributed by atoms with E-state index in [9.17, 15) is 0 Å². The highest BCUT2D eigenvalue weighted by molar-refractivity contribution is 6.32. The summed E-state index contributed by atoms with van der Waals surface area (Å²) in [4.78, 5) is 1.96. The maximum Gasteiger partial charge on any atom is 0.175 e. The van der Waals surface area contributed by atoms with Gasteiger partial charge in [-0.15, -0.1) is 23.4 Å². The average molecular weight is 240 g/mol. The zero-order valence-corrected chi connectivity index (χ0v) is 9.61. The molecular formula is C10H14ClN5. The van der Waals surface area contributed by atoms with Gasteiger partial charge in [-0.2, -0.15) is 0 Å². The van der Waals surface area contributed by atoms with Crippen LogP contribution in [-0.2, 0) is 0 Å². The molecule has 3 N–H and O–H groups in total. The molecule has 0 fully saturated rings. The van der Waals surface area contributed by atoms with E-state index in [1.54, 1.807) is 18.2 Å². The Kier molecular flexibility index (Phi) is 4.75. The zero-order valence-electron chi connectivity index (χ0n) is 8.86. The standard InChI is InChI=1S/C10H14ClN5/c1-3-5-16(6-4-2)8-7-9(13-12)14-15-10(8)11/h3-4,7H,1-2,5-6,12H2,(H,13,14). The van der Waals surface area contributed by atoms with Crippen LogP contribution < -0.4 is 16.2 Å². The van der Waals surface area contributed by atoms with Gasteiger partial charge in [0.05, 0.1) is 5.69 Å². The number of hydrogen-bond acceptors (Lipinski definition) is 5. The largest absolute Gasteiger partial charge is 0.361 e. The predicted molar refractivity (Wildman–Crippen MR) is 67.5 cm³/mol. The Bertz CT molecular complexity index is 369. The van der Waals surface area contributed by atoms with Crippen LogP contribution in [0, 0.1) is 0 Å². The molecule has 1 heterocycles. The minimum atomic E-state index is 0.322. The van der Waals surface area contributed by atoms with Gasteiger partial charge in [0.2, 0.25) is 0 Å². The summed E-state index contributed by atoms with van der Waals surface area (Å²) in [6, 6.07) is 1.72. The van der Waals surface area contributed by atoms with Crippen molar-refractivity contribution in [2.24, 2.45) is 5.84 Å². The molecule has 5 nitrogen and oxygen atoms in total. The van der Waals surface area contributed by atoms with Gasteiger partial charge in [0.1, 0.15) is 0 Å². The summed E-state index contributed by atoms with van der Waals surface area (Å²) in [5.74, 6) is 5.72. The molecular weight excluding hydrogens is 226 g/mol. The first kappa shape index (κ1) is 12.5. The molecule has 0 saturated heterocycles. The van der Waals surface area contributed by atoms with Crippen LogP contribution in [0.5, 0.6) is 0 Å². The van der Waals surface area contributed by atoms with Crippen LogP contribution in [0.2, 0.25) is 5.15 Å².